The molecule has 0 aliphatic heterocycles. The summed E-state index contributed by atoms with van der Waals surface area (Å²) in [5, 5.41) is 4.06. The Morgan fingerprint density at radius 1 is 1.06 bits per heavy atom. The Bertz CT molecular complexity index is 1340. The number of pyridine rings is 1. The van der Waals surface area contributed by atoms with Crippen LogP contribution in [0, 0.1) is 0 Å². The minimum atomic E-state index is -0.196. The third-order valence-corrected chi connectivity index (χ3v) is 6.60. The molecule has 1 amide bonds. The largest absolute Gasteiger partial charge is 0.349 e. The number of carbonyl (C=O) groups is 1. The summed E-state index contributed by atoms with van der Waals surface area (Å²) in [4.78, 5) is 34.9. The molecule has 1 unspecified atom stereocenters. The van der Waals surface area contributed by atoms with E-state index in [1.165, 1.54) is 22.9 Å². The topological polar surface area (TPSA) is 76.9 Å². The Hall–Kier alpha value is -3.45. The number of rotatable bonds is 5. The number of aryl methyl sites for hydroxylation is 1. The van der Waals surface area contributed by atoms with E-state index in [1.807, 2.05) is 42.5 Å². The van der Waals surface area contributed by atoms with Gasteiger partial charge in [-0.1, -0.05) is 54.2 Å². The summed E-state index contributed by atoms with van der Waals surface area (Å²) in [5.41, 5.74) is 3.40. The van der Waals surface area contributed by atoms with E-state index in [4.69, 9.17) is 0 Å². The predicted molar refractivity (Wildman–Crippen MR) is 126 cm³/mol. The highest BCUT2D eigenvalue weighted by Crippen LogP contribution is 2.29. The monoisotopic (exact) mass is 442 g/mol. The molecule has 7 heteroatoms. The first-order valence-electron chi connectivity index (χ1n) is 10.6. The number of thioether (sulfide) groups is 1. The number of carbonyl (C=O) groups excluding carboxylic acids is 1. The van der Waals surface area contributed by atoms with E-state index >= 15 is 0 Å². The van der Waals surface area contributed by atoms with E-state index in [-0.39, 0.29) is 23.3 Å². The molecule has 0 bridgehead atoms. The lowest BCUT2D eigenvalue weighted by Crippen LogP contribution is -2.32. The maximum Gasteiger partial charge on any atom is 0.268 e. The van der Waals surface area contributed by atoms with Crippen LogP contribution >= 0.6 is 11.8 Å². The summed E-state index contributed by atoms with van der Waals surface area (Å²) in [6, 6.07) is 21.1. The highest BCUT2D eigenvalue weighted by Gasteiger charge is 2.22. The van der Waals surface area contributed by atoms with E-state index in [1.54, 1.807) is 22.9 Å². The molecule has 0 radical (unpaired) electrons. The van der Waals surface area contributed by atoms with E-state index in [2.05, 4.69) is 27.4 Å². The lowest BCUT2D eigenvalue weighted by Gasteiger charge is -2.26. The van der Waals surface area contributed by atoms with E-state index < -0.39 is 0 Å². The Kier molecular flexibility index (Phi) is 5.73. The van der Waals surface area contributed by atoms with Crippen molar-refractivity contribution in [3.8, 4) is 5.69 Å². The van der Waals surface area contributed by atoms with Crippen LogP contribution in [0.1, 0.15) is 30.0 Å². The van der Waals surface area contributed by atoms with Crippen molar-refractivity contribution in [1.29, 1.82) is 0 Å². The van der Waals surface area contributed by atoms with Crippen LogP contribution < -0.4 is 10.9 Å². The van der Waals surface area contributed by atoms with Crippen molar-refractivity contribution >= 4 is 28.7 Å². The van der Waals surface area contributed by atoms with Gasteiger partial charge in [-0.25, -0.2) is 9.97 Å². The van der Waals surface area contributed by atoms with Crippen LogP contribution in [0.3, 0.4) is 0 Å². The van der Waals surface area contributed by atoms with Gasteiger partial charge in [0.2, 0.25) is 5.91 Å². The average molecular weight is 443 g/mol. The molecule has 2 aromatic carbocycles. The van der Waals surface area contributed by atoms with Gasteiger partial charge in [-0.05, 0) is 54.7 Å². The molecular formula is C25H22N4O2S. The second-order valence-corrected chi connectivity index (χ2v) is 8.69. The van der Waals surface area contributed by atoms with Crippen molar-refractivity contribution in [1.82, 2.24) is 19.9 Å². The van der Waals surface area contributed by atoms with Crippen molar-refractivity contribution in [3.05, 3.63) is 94.4 Å². The third kappa shape index (κ3) is 4.03. The summed E-state index contributed by atoms with van der Waals surface area (Å²) in [6.07, 6.45) is 4.65. The first-order chi connectivity index (χ1) is 15.7. The van der Waals surface area contributed by atoms with Crippen molar-refractivity contribution in [3.63, 3.8) is 0 Å². The molecule has 160 valence electrons. The Balaban J connectivity index is 1.41. The molecule has 5 rings (SSSR count). The van der Waals surface area contributed by atoms with Gasteiger partial charge in [0.05, 0.1) is 22.9 Å². The quantitative estimate of drug-likeness (QED) is 0.372. The highest BCUT2D eigenvalue weighted by atomic mass is 32.2. The van der Waals surface area contributed by atoms with Gasteiger partial charge in [-0.15, -0.1) is 0 Å². The van der Waals surface area contributed by atoms with Crippen LogP contribution in [-0.4, -0.2) is 26.2 Å². The van der Waals surface area contributed by atoms with Gasteiger partial charge < -0.3 is 5.32 Å². The number of aromatic nitrogens is 3. The molecule has 0 fully saturated rings. The number of para-hydroxylation sites is 1. The van der Waals surface area contributed by atoms with Gasteiger partial charge >= 0.3 is 0 Å². The van der Waals surface area contributed by atoms with Gasteiger partial charge in [-0.3, -0.25) is 14.2 Å². The maximum absolute atomic E-state index is 13.2. The van der Waals surface area contributed by atoms with Gasteiger partial charge in [-0.2, -0.15) is 0 Å². The molecule has 6 nitrogen and oxygen atoms in total. The van der Waals surface area contributed by atoms with E-state index in [0.717, 1.165) is 19.3 Å². The second-order valence-electron chi connectivity index (χ2n) is 7.74. The fraction of sp³-hybridized carbons (Fsp3) is 0.200. The average Bonchev–Trinajstić information content (AvgIpc) is 2.84. The smallest absolute Gasteiger partial charge is 0.268 e. The van der Waals surface area contributed by atoms with Crippen LogP contribution in [0.5, 0.6) is 0 Å². The Labute approximate surface area is 189 Å². The zero-order valence-corrected chi connectivity index (χ0v) is 18.2. The number of benzene rings is 2. The molecule has 1 N–H and O–H groups in total. The molecule has 1 aliphatic rings. The number of nitrogens with zero attached hydrogens (tertiary/aromatic N) is 3. The Morgan fingerprint density at radius 3 is 2.75 bits per heavy atom. The van der Waals surface area contributed by atoms with Crippen LogP contribution in [0.25, 0.3) is 16.7 Å². The van der Waals surface area contributed by atoms with Crippen LogP contribution in [0.15, 0.2) is 82.9 Å². The molecule has 1 aliphatic carbocycles. The van der Waals surface area contributed by atoms with Crippen molar-refractivity contribution in [2.24, 2.45) is 0 Å². The molecule has 32 heavy (non-hydrogen) atoms. The lowest BCUT2D eigenvalue weighted by molar-refractivity contribution is -0.119. The Morgan fingerprint density at radius 2 is 1.88 bits per heavy atom. The fourth-order valence-corrected chi connectivity index (χ4v) is 4.98. The summed E-state index contributed by atoms with van der Waals surface area (Å²) in [7, 11) is 0. The fourth-order valence-electron chi connectivity index (χ4n) is 4.17. The molecule has 0 saturated heterocycles. The highest BCUT2D eigenvalue weighted by molar-refractivity contribution is 7.99. The molecule has 2 heterocycles. The van der Waals surface area contributed by atoms with Crippen LogP contribution in [-0.2, 0) is 11.2 Å². The lowest BCUT2D eigenvalue weighted by atomic mass is 9.88. The second kappa shape index (κ2) is 8.96. The number of nitrogens with one attached hydrogen (secondary N) is 1. The predicted octanol–water partition coefficient (Wildman–Crippen LogP) is 4.07. The van der Waals surface area contributed by atoms with Gasteiger partial charge in [0.15, 0.2) is 10.8 Å². The first-order valence-corrected chi connectivity index (χ1v) is 11.6. The zero-order valence-electron chi connectivity index (χ0n) is 17.4. The van der Waals surface area contributed by atoms with Crippen LogP contribution in [0.2, 0.25) is 0 Å². The third-order valence-electron chi connectivity index (χ3n) is 5.66. The summed E-state index contributed by atoms with van der Waals surface area (Å²) < 4.78 is 1.55. The van der Waals surface area contributed by atoms with Gasteiger partial charge in [0.25, 0.3) is 5.56 Å². The van der Waals surface area contributed by atoms with Crippen molar-refractivity contribution in [2.75, 3.05) is 5.75 Å². The van der Waals surface area contributed by atoms with Gasteiger partial charge in [0, 0.05) is 6.20 Å². The summed E-state index contributed by atoms with van der Waals surface area (Å²) in [5.74, 6) is 0.0858. The number of amides is 1. The minimum absolute atomic E-state index is 0.0237. The van der Waals surface area contributed by atoms with E-state index in [9.17, 15) is 9.59 Å². The van der Waals surface area contributed by atoms with Crippen molar-refractivity contribution < 1.29 is 4.79 Å². The first kappa shape index (κ1) is 20.5. The van der Waals surface area contributed by atoms with E-state index in [0.29, 0.717) is 21.9 Å². The molecule has 0 saturated carbocycles. The number of hydrogen-bond acceptors (Lipinski definition) is 5. The standard InChI is InChI=1S/C25H22N4O2S/c30-22(27-21-14-6-9-17-8-4-5-12-19(17)21)16-32-25-28-23-20(13-7-15-26-23)24(31)29(25)18-10-2-1-3-11-18/h1-5,7-8,10-13,15,21H,6,9,14,16H2,(H,27,30). The molecule has 1 atom stereocenters. The summed E-state index contributed by atoms with van der Waals surface area (Å²) in [6.45, 7) is 0. The molecule has 4 aromatic rings. The zero-order chi connectivity index (χ0) is 21.9. The normalized spacial score (nSPS) is 15.3. The van der Waals surface area contributed by atoms with Crippen LogP contribution in [0.4, 0.5) is 0 Å². The minimum Gasteiger partial charge on any atom is -0.349 e. The SMILES string of the molecule is O=C(CSc1nc2ncccc2c(=O)n1-c1ccccc1)NC1CCCc2ccccc21. The summed E-state index contributed by atoms with van der Waals surface area (Å²) >= 11 is 1.25. The number of fused-ring (bicyclic) bond motifs is 2. The maximum atomic E-state index is 13.2. The van der Waals surface area contributed by atoms with Crippen molar-refractivity contribution in [2.45, 2.75) is 30.5 Å². The molecule has 2 aromatic heterocycles. The molecule has 0 spiro atoms. The number of hydrogen-bond donors (Lipinski definition) is 1. The van der Waals surface area contributed by atoms with Gasteiger partial charge in [0.1, 0.15) is 0 Å². The molecular weight excluding hydrogens is 420 g/mol.